The highest BCUT2D eigenvalue weighted by molar-refractivity contribution is 5.96. The van der Waals surface area contributed by atoms with E-state index in [2.05, 4.69) is 10.3 Å². The van der Waals surface area contributed by atoms with Gasteiger partial charge < -0.3 is 20.7 Å². The molecule has 1 aliphatic heterocycles. The van der Waals surface area contributed by atoms with Crippen LogP contribution in [0.3, 0.4) is 0 Å². The summed E-state index contributed by atoms with van der Waals surface area (Å²) in [4.78, 5) is 29.9. The summed E-state index contributed by atoms with van der Waals surface area (Å²) >= 11 is 0. The minimum absolute atomic E-state index is 0.0482. The van der Waals surface area contributed by atoms with Crippen molar-refractivity contribution in [1.29, 1.82) is 0 Å². The van der Waals surface area contributed by atoms with Gasteiger partial charge in [0.2, 0.25) is 5.91 Å². The molecule has 0 aliphatic carbocycles. The van der Waals surface area contributed by atoms with E-state index in [1.807, 2.05) is 4.90 Å². The number of amides is 1. The van der Waals surface area contributed by atoms with Crippen LogP contribution in [0.15, 0.2) is 12.3 Å². The summed E-state index contributed by atoms with van der Waals surface area (Å²) in [6.07, 6.45) is 4.16. The Kier molecular flexibility index (Phi) is 4.62. The second-order valence-corrected chi connectivity index (χ2v) is 4.94. The Balaban J connectivity index is 2.35. The average molecular weight is 292 g/mol. The fraction of sp³-hybridized carbons (Fsp3) is 0.500. The number of nitrogens with one attached hydrogen (secondary N) is 1. The Bertz CT molecular complexity index is 547. The van der Waals surface area contributed by atoms with Crippen molar-refractivity contribution in [2.24, 2.45) is 0 Å². The molecule has 2 rings (SSSR count). The number of aromatic nitrogens is 1. The highest BCUT2D eigenvalue weighted by atomic mass is 16.5. The van der Waals surface area contributed by atoms with Gasteiger partial charge in [-0.1, -0.05) is 0 Å². The van der Waals surface area contributed by atoms with Gasteiger partial charge in [0.25, 0.3) is 0 Å². The lowest BCUT2D eigenvalue weighted by atomic mass is 10.0. The second-order valence-electron chi connectivity index (χ2n) is 4.94. The van der Waals surface area contributed by atoms with Gasteiger partial charge in [-0.3, -0.25) is 4.79 Å². The van der Waals surface area contributed by atoms with Crippen LogP contribution in [0.5, 0.6) is 0 Å². The summed E-state index contributed by atoms with van der Waals surface area (Å²) < 4.78 is 4.71. The third-order valence-electron chi connectivity index (χ3n) is 3.67. The van der Waals surface area contributed by atoms with E-state index in [0.29, 0.717) is 5.82 Å². The first-order valence-electron chi connectivity index (χ1n) is 6.90. The van der Waals surface area contributed by atoms with E-state index >= 15 is 0 Å². The summed E-state index contributed by atoms with van der Waals surface area (Å²) in [5.74, 6) is 0.00972. The van der Waals surface area contributed by atoms with E-state index in [-0.39, 0.29) is 23.2 Å². The third-order valence-corrected chi connectivity index (χ3v) is 3.67. The van der Waals surface area contributed by atoms with Crippen molar-refractivity contribution in [2.75, 3.05) is 31.3 Å². The number of nitrogens with zero attached hydrogens (tertiary/aromatic N) is 2. The molecule has 7 nitrogen and oxygen atoms in total. The van der Waals surface area contributed by atoms with Crippen molar-refractivity contribution >= 4 is 23.4 Å². The Labute approximate surface area is 123 Å². The molecule has 1 fully saturated rings. The second kappa shape index (κ2) is 6.43. The lowest BCUT2D eigenvalue weighted by Gasteiger charge is -2.35. The third kappa shape index (κ3) is 3.07. The van der Waals surface area contributed by atoms with Crippen molar-refractivity contribution in [3.63, 3.8) is 0 Å². The predicted molar refractivity (Wildman–Crippen MR) is 79.0 cm³/mol. The quantitative estimate of drug-likeness (QED) is 0.790. The van der Waals surface area contributed by atoms with E-state index in [1.54, 1.807) is 13.1 Å². The maximum Gasteiger partial charge on any atom is 0.340 e. The number of anilines is 2. The highest BCUT2D eigenvalue weighted by Gasteiger charge is 2.29. The number of hydrogen-bond donors (Lipinski definition) is 2. The number of hydrogen-bond acceptors (Lipinski definition) is 6. The van der Waals surface area contributed by atoms with E-state index in [4.69, 9.17) is 10.5 Å². The van der Waals surface area contributed by atoms with Gasteiger partial charge in [-0.05, 0) is 25.3 Å². The lowest BCUT2D eigenvalue weighted by Crippen LogP contribution is -2.49. The molecule has 7 heteroatoms. The van der Waals surface area contributed by atoms with Crippen LogP contribution >= 0.6 is 0 Å². The first-order valence-corrected chi connectivity index (χ1v) is 6.90. The van der Waals surface area contributed by atoms with Gasteiger partial charge in [-0.25, -0.2) is 9.78 Å². The fourth-order valence-corrected chi connectivity index (χ4v) is 2.54. The zero-order chi connectivity index (χ0) is 15.4. The minimum atomic E-state index is -0.510. The van der Waals surface area contributed by atoms with E-state index < -0.39 is 5.97 Å². The number of piperidine rings is 1. The molecule has 1 atom stereocenters. The zero-order valence-electron chi connectivity index (χ0n) is 12.3. The van der Waals surface area contributed by atoms with Crippen LogP contribution in [0.4, 0.5) is 11.5 Å². The van der Waals surface area contributed by atoms with Crippen molar-refractivity contribution < 1.29 is 14.3 Å². The molecule has 21 heavy (non-hydrogen) atoms. The molecule has 2 heterocycles. The summed E-state index contributed by atoms with van der Waals surface area (Å²) in [7, 11) is 2.92. The number of likely N-dealkylation sites (N-methyl/N-ethyl adjacent to an activating group) is 1. The number of ether oxygens (including phenoxy) is 1. The summed E-state index contributed by atoms with van der Waals surface area (Å²) in [5.41, 5.74) is 6.29. The molecule has 1 aliphatic rings. The topological polar surface area (TPSA) is 97.5 Å². The van der Waals surface area contributed by atoms with E-state index in [0.717, 1.165) is 25.8 Å². The Hall–Kier alpha value is -2.31. The standard InChI is InChI=1S/C14H20N4O3/c1-16-13(19)11-5-3-4-6-18(11)12-7-9(14(20)21-2)10(15)8-17-12/h7-8,11H,3-6,15H2,1-2H3,(H,16,19). The predicted octanol–water partition coefficient (Wildman–Crippen LogP) is 0.555. The fourth-order valence-electron chi connectivity index (χ4n) is 2.54. The largest absolute Gasteiger partial charge is 0.465 e. The molecule has 1 unspecified atom stereocenters. The maximum absolute atomic E-state index is 12.0. The Morgan fingerprint density at radius 1 is 1.48 bits per heavy atom. The summed E-state index contributed by atoms with van der Waals surface area (Å²) in [6.45, 7) is 0.718. The first-order chi connectivity index (χ1) is 10.1. The molecule has 0 bridgehead atoms. The summed E-state index contributed by atoms with van der Waals surface area (Å²) in [6, 6.07) is 1.31. The molecule has 114 valence electrons. The van der Waals surface area contributed by atoms with Crippen molar-refractivity contribution in [1.82, 2.24) is 10.3 Å². The number of pyridine rings is 1. The average Bonchev–Trinajstić information content (AvgIpc) is 2.54. The van der Waals surface area contributed by atoms with Crippen LogP contribution in [0.2, 0.25) is 0 Å². The molecule has 0 saturated carbocycles. The maximum atomic E-state index is 12.0. The van der Waals surface area contributed by atoms with Gasteiger partial charge in [0, 0.05) is 13.6 Å². The smallest absolute Gasteiger partial charge is 0.340 e. The molecule has 1 saturated heterocycles. The molecule has 1 aromatic rings. The molecule has 0 spiro atoms. The molecule has 1 amide bonds. The molecule has 0 aromatic carbocycles. The minimum Gasteiger partial charge on any atom is -0.465 e. The van der Waals surface area contributed by atoms with Gasteiger partial charge in [0.05, 0.1) is 24.6 Å². The number of rotatable bonds is 3. The van der Waals surface area contributed by atoms with Crippen molar-refractivity contribution in [3.05, 3.63) is 17.8 Å². The number of carbonyl (C=O) groups excluding carboxylic acids is 2. The number of nitrogen functional groups attached to an aromatic ring is 1. The van der Waals surface area contributed by atoms with Gasteiger partial charge in [-0.2, -0.15) is 0 Å². The van der Waals surface area contributed by atoms with Crippen LogP contribution in [-0.2, 0) is 9.53 Å². The van der Waals surface area contributed by atoms with Gasteiger partial charge in [0.15, 0.2) is 0 Å². The number of esters is 1. The van der Waals surface area contributed by atoms with Crippen LogP contribution < -0.4 is 16.0 Å². The van der Waals surface area contributed by atoms with E-state index in [9.17, 15) is 9.59 Å². The molecule has 0 radical (unpaired) electrons. The van der Waals surface area contributed by atoms with Crippen molar-refractivity contribution in [3.8, 4) is 0 Å². The van der Waals surface area contributed by atoms with Crippen molar-refractivity contribution in [2.45, 2.75) is 25.3 Å². The van der Waals surface area contributed by atoms with Crippen LogP contribution in [0.25, 0.3) is 0 Å². The number of methoxy groups -OCH3 is 1. The number of carbonyl (C=O) groups is 2. The monoisotopic (exact) mass is 292 g/mol. The van der Waals surface area contributed by atoms with Gasteiger partial charge >= 0.3 is 5.97 Å². The Morgan fingerprint density at radius 3 is 2.90 bits per heavy atom. The van der Waals surface area contributed by atoms with Gasteiger partial charge in [0.1, 0.15) is 11.9 Å². The van der Waals surface area contributed by atoms with E-state index in [1.165, 1.54) is 13.3 Å². The zero-order valence-corrected chi connectivity index (χ0v) is 12.3. The molecule has 3 N–H and O–H groups in total. The molecule has 1 aromatic heterocycles. The normalized spacial score (nSPS) is 18.2. The molecular weight excluding hydrogens is 272 g/mol. The van der Waals surface area contributed by atoms with Gasteiger partial charge in [-0.15, -0.1) is 0 Å². The first kappa shape index (κ1) is 15.1. The lowest BCUT2D eigenvalue weighted by molar-refractivity contribution is -0.122. The summed E-state index contributed by atoms with van der Waals surface area (Å²) in [5, 5.41) is 2.67. The molecular formula is C14H20N4O3. The highest BCUT2D eigenvalue weighted by Crippen LogP contribution is 2.26. The number of nitrogens with two attached hydrogens (primary N) is 1. The SMILES string of the molecule is CNC(=O)C1CCCCN1c1cc(C(=O)OC)c(N)cn1. The van der Waals surface area contributed by atoms with Crippen LogP contribution in [0, 0.1) is 0 Å². The van der Waals surface area contributed by atoms with Crippen LogP contribution in [-0.4, -0.2) is 43.6 Å². The van der Waals surface area contributed by atoms with Crippen LogP contribution in [0.1, 0.15) is 29.6 Å². The Morgan fingerprint density at radius 2 is 2.24 bits per heavy atom.